The number of nitrogens with zero attached hydrogens (tertiary/aromatic N) is 3. The average molecular weight is 388 g/mol. The number of hydrogen-bond donors (Lipinski definition) is 2. The van der Waals surface area contributed by atoms with Crippen LogP contribution in [0, 0.1) is 5.82 Å². The second kappa shape index (κ2) is 8.10. The molecule has 0 radical (unpaired) electrons. The van der Waals surface area contributed by atoms with Crippen molar-refractivity contribution in [2.24, 2.45) is 5.73 Å². The van der Waals surface area contributed by atoms with E-state index in [0.29, 0.717) is 31.7 Å². The summed E-state index contributed by atoms with van der Waals surface area (Å²) in [7, 11) is 0. The van der Waals surface area contributed by atoms with E-state index in [1.54, 1.807) is 4.57 Å². The Hall–Kier alpha value is -2.74. The van der Waals surface area contributed by atoms with E-state index in [1.807, 2.05) is 24.8 Å². The molecule has 7 nitrogen and oxygen atoms in total. The molecule has 0 amide bonds. The fraction of sp³-hybridized carbons (Fsp3) is 0.450. The molecule has 0 spiro atoms. The molecule has 0 aromatic carbocycles. The zero-order chi connectivity index (χ0) is 20.4. The molecule has 1 fully saturated rings. The molecule has 0 saturated carbocycles. The number of halogens is 1. The highest BCUT2D eigenvalue weighted by Crippen LogP contribution is 2.27. The van der Waals surface area contributed by atoms with Gasteiger partial charge >= 0.3 is 5.97 Å². The molecule has 1 unspecified atom stereocenters. The minimum Gasteiger partial charge on any atom is -0.477 e. The van der Waals surface area contributed by atoms with E-state index in [0.717, 1.165) is 18.9 Å². The van der Waals surface area contributed by atoms with Gasteiger partial charge in [-0.1, -0.05) is 18.6 Å². The zero-order valence-corrected chi connectivity index (χ0v) is 16.1. The van der Waals surface area contributed by atoms with Gasteiger partial charge in [0.2, 0.25) is 5.43 Å². The quantitative estimate of drug-likeness (QED) is 0.764. The summed E-state index contributed by atoms with van der Waals surface area (Å²) in [6.45, 7) is 5.58. The topological polar surface area (TPSA) is 101 Å². The Morgan fingerprint density at radius 1 is 1.43 bits per heavy atom. The first-order chi connectivity index (χ1) is 13.4. The molecule has 1 saturated heterocycles. The lowest BCUT2D eigenvalue weighted by molar-refractivity contribution is 0.0694. The summed E-state index contributed by atoms with van der Waals surface area (Å²) in [5.41, 5.74) is 6.03. The lowest BCUT2D eigenvalue weighted by atomic mass is 10.0. The number of piperidine rings is 1. The first-order valence-corrected chi connectivity index (χ1v) is 9.49. The third-order valence-corrected chi connectivity index (χ3v) is 5.35. The van der Waals surface area contributed by atoms with Crippen molar-refractivity contribution in [3.63, 3.8) is 0 Å². The van der Waals surface area contributed by atoms with Crippen LogP contribution in [-0.2, 0) is 0 Å². The van der Waals surface area contributed by atoms with Crippen molar-refractivity contribution >= 4 is 22.8 Å². The minimum atomic E-state index is -1.33. The standard InChI is InChI=1S/C20H25FN4O3/c1-3-12(2)25-11-15(20(27)28)17(26)14-10-16(21)19(23-18(14)25)24-8-5-13(4-7-22)6-9-24/h4,10-12H,3,5-9,22H2,1-2H3,(H,27,28). The molecule has 28 heavy (non-hydrogen) atoms. The van der Waals surface area contributed by atoms with E-state index in [2.05, 4.69) is 4.98 Å². The van der Waals surface area contributed by atoms with Crippen LogP contribution in [0.4, 0.5) is 10.2 Å². The average Bonchev–Trinajstić information content (AvgIpc) is 2.68. The van der Waals surface area contributed by atoms with Gasteiger partial charge in [-0.15, -0.1) is 0 Å². The number of aromatic nitrogens is 2. The predicted octanol–water partition coefficient (Wildman–Crippen LogP) is 2.69. The van der Waals surface area contributed by atoms with Crippen LogP contribution in [0.25, 0.3) is 11.0 Å². The second-order valence-corrected chi connectivity index (χ2v) is 7.09. The highest BCUT2D eigenvalue weighted by Gasteiger charge is 2.23. The largest absolute Gasteiger partial charge is 0.477 e. The number of rotatable bonds is 5. The highest BCUT2D eigenvalue weighted by atomic mass is 19.1. The molecule has 3 N–H and O–H groups in total. The third-order valence-electron chi connectivity index (χ3n) is 5.35. The summed E-state index contributed by atoms with van der Waals surface area (Å²) in [4.78, 5) is 30.4. The van der Waals surface area contributed by atoms with Gasteiger partial charge < -0.3 is 20.3 Å². The Morgan fingerprint density at radius 3 is 2.68 bits per heavy atom. The highest BCUT2D eigenvalue weighted by molar-refractivity contribution is 5.92. The van der Waals surface area contributed by atoms with Gasteiger partial charge in [0.1, 0.15) is 11.2 Å². The smallest absolute Gasteiger partial charge is 0.341 e. The van der Waals surface area contributed by atoms with E-state index in [-0.39, 0.29) is 22.8 Å². The molecule has 0 aliphatic carbocycles. The number of aromatic carboxylic acids is 1. The van der Waals surface area contributed by atoms with Crippen molar-refractivity contribution in [3.05, 3.63) is 45.5 Å². The van der Waals surface area contributed by atoms with Crippen molar-refractivity contribution in [2.75, 3.05) is 24.5 Å². The van der Waals surface area contributed by atoms with Crippen LogP contribution >= 0.6 is 0 Å². The van der Waals surface area contributed by atoms with Crippen LogP contribution in [0.2, 0.25) is 0 Å². The van der Waals surface area contributed by atoms with E-state index >= 15 is 0 Å². The van der Waals surface area contributed by atoms with Crippen LogP contribution in [0.15, 0.2) is 28.7 Å². The zero-order valence-electron chi connectivity index (χ0n) is 16.1. The number of carboxylic acids is 1. The van der Waals surface area contributed by atoms with Gasteiger partial charge in [-0.3, -0.25) is 4.79 Å². The fourth-order valence-corrected chi connectivity index (χ4v) is 3.52. The molecular formula is C20H25FN4O3. The van der Waals surface area contributed by atoms with E-state index in [1.165, 1.54) is 11.8 Å². The van der Waals surface area contributed by atoms with Gasteiger partial charge in [-0.25, -0.2) is 14.2 Å². The molecule has 150 valence electrons. The first kappa shape index (κ1) is 20.0. The number of fused-ring (bicyclic) bond motifs is 1. The molecule has 8 heteroatoms. The molecule has 2 aromatic heterocycles. The molecule has 1 atom stereocenters. The fourth-order valence-electron chi connectivity index (χ4n) is 3.52. The second-order valence-electron chi connectivity index (χ2n) is 7.09. The van der Waals surface area contributed by atoms with Gasteiger partial charge in [-0.05, 0) is 32.3 Å². The van der Waals surface area contributed by atoms with Gasteiger partial charge in [0.05, 0.1) is 5.39 Å². The van der Waals surface area contributed by atoms with Gasteiger partial charge in [0.15, 0.2) is 11.6 Å². The lowest BCUT2D eigenvalue weighted by Gasteiger charge is -2.30. The normalized spacial score (nSPS) is 15.7. The van der Waals surface area contributed by atoms with Crippen LogP contribution in [0.1, 0.15) is 49.5 Å². The Morgan fingerprint density at radius 2 is 2.11 bits per heavy atom. The van der Waals surface area contributed by atoms with Gasteiger partial charge in [0, 0.05) is 31.9 Å². The van der Waals surface area contributed by atoms with E-state index < -0.39 is 17.2 Å². The summed E-state index contributed by atoms with van der Waals surface area (Å²) >= 11 is 0. The Balaban J connectivity index is 2.14. The molecule has 3 heterocycles. The minimum absolute atomic E-state index is 0.0119. The summed E-state index contributed by atoms with van der Waals surface area (Å²) in [5.74, 6) is -1.75. The van der Waals surface area contributed by atoms with Crippen molar-refractivity contribution in [2.45, 2.75) is 39.2 Å². The number of hydrogen-bond acceptors (Lipinski definition) is 5. The Kier molecular flexibility index (Phi) is 5.79. The van der Waals surface area contributed by atoms with Crippen LogP contribution in [-0.4, -0.2) is 40.3 Å². The lowest BCUT2D eigenvalue weighted by Crippen LogP contribution is -2.32. The van der Waals surface area contributed by atoms with Crippen LogP contribution in [0.3, 0.4) is 0 Å². The number of carbonyl (C=O) groups is 1. The SMILES string of the molecule is CCC(C)n1cc(C(=O)O)c(=O)c2cc(F)c(N3CCC(=CCN)CC3)nc21. The molecule has 1 aliphatic heterocycles. The summed E-state index contributed by atoms with van der Waals surface area (Å²) in [6.07, 6.45) is 5.59. The molecule has 3 rings (SSSR count). The third kappa shape index (κ3) is 3.64. The Labute approximate surface area is 162 Å². The number of nitrogens with two attached hydrogens (primary N) is 1. The number of pyridine rings is 2. The van der Waals surface area contributed by atoms with Crippen LogP contribution in [0.5, 0.6) is 0 Å². The number of anilines is 1. The van der Waals surface area contributed by atoms with E-state index in [4.69, 9.17) is 5.73 Å². The Bertz CT molecular complexity index is 989. The maximum Gasteiger partial charge on any atom is 0.341 e. The first-order valence-electron chi connectivity index (χ1n) is 9.49. The van der Waals surface area contributed by atoms with Crippen molar-refractivity contribution in [3.8, 4) is 0 Å². The van der Waals surface area contributed by atoms with Crippen LogP contribution < -0.4 is 16.1 Å². The van der Waals surface area contributed by atoms with Gasteiger partial charge in [-0.2, -0.15) is 0 Å². The summed E-state index contributed by atoms with van der Waals surface area (Å²) in [5, 5.41) is 9.34. The van der Waals surface area contributed by atoms with Crippen molar-refractivity contribution in [1.82, 2.24) is 9.55 Å². The van der Waals surface area contributed by atoms with Gasteiger partial charge in [0.25, 0.3) is 0 Å². The predicted molar refractivity (Wildman–Crippen MR) is 107 cm³/mol. The molecule has 0 bridgehead atoms. The van der Waals surface area contributed by atoms with E-state index in [9.17, 15) is 19.1 Å². The maximum absolute atomic E-state index is 14.8. The summed E-state index contributed by atoms with van der Waals surface area (Å²) < 4.78 is 16.5. The van der Waals surface area contributed by atoms with Crippen molar-refractivity contribution in [1.29, 1.82) is 0 Å². The van der Waals surface area contributed by atoms with Crippen molar-refractivity contribution < 1.29 is 14.3 Å². The molecular weight excluding hydrogens is 363 g/mol. The molecule has 1 aliphatic rings. The summed E-state index contributed by atoms with van der Waals surface area (Å²) in [6, 6.07) is 1.03. The number of carboxylic acid groups (broad SMARTS) is 1. The monoisotopic (exact) mass is 388 g/mol. The molecule has 2 aromatic rings. The maximum atomic E-state index is 14.8.